The number of hydrogen-bond donors (Lipinski definition) is 1. The molecule has 1 saturated heterocycles. The maximum atomic E-state index is 12.7. The minimum Gasteiger partial charge on any atom is -0.309 e. The number of aromatic nitrogens is 1. The van der Waals surface area contributed by atoms with Crippen LogP contribution in [0.25, 0.3) is 10.2 Å². The molecule has 6 heteroatoms. The minimum atomic E-state index is -0.173. The van der Waals surface area contributed by atoms with Crippen molar-refractivity contribution in [3.8, 4) is 0 Å². The van der Waals surface area contributed by atoms with Crippen LogP contribution in [0.4, 0.5) is 0 Å². The number of quaternary nitrogens is 1. The third-order valence-electron chi connectivity index (χ3n) is 5.33. The Hall–Kier alpha value is -2.57. The monoisotopic (exact) mass is 364 g/mol. The molecule has 1 aromatic heterocycles. The van der Waals surface area contributed by atoms with Gasteiger partial charge < -0.3 is 4.90 Å². The SMILES string of the molecule is O=C1c2ccccc2C(=O)N1C[NH+]1CCC[C@@H]1c1nc2ccccc2s1. The number of imide groups is 1. The van der Waals surface area contributed by atoms with Gasteiger partial charge in [-0.15, -0.1) is 11.3 Å². The van der Waals surface area contributed by atoms with Gasteiger partial charge in [0, 0.05) is 12.8 Å². The van der Waals surface area contributed by atoms with E-state index >= 15 is 0 Å². The molecule has 2 aliphatic heterocycles. The van der Waals surface area contributed by atoms with Crippen molar-refractivity contribution in [2.75, 3.05) is 13.2 Å². The van der Waals surface area contributed by atoms with E-state index < -0.39 is 0 Å². The van der Waals surface area contributed by atoms with Gasteiger partial charge in [-0.05, 0) is 24.3 Å². The number of nitrogens with one attached hydrogen (secondary N) is 1. The lowest BCUT2D eigenvalue weighted by Gasteiger charge is -2.24. The van der Waals surface area contributed by atoms with Crippen LogP contribution in [0.15, 0.2) is 48.5 Å². The van der Waals surface area contributed by atoms with Crippen molar-refractivity contribution in [1.29, 1.82) is 0 Å². The second-order valence-electron chi connectivity index (χ2n) is 6.86. The predicted molar refractivity (Wildman–Crippen MR) is 99.2 cm³/mol. The van der Waals surface area contributed by atoms with Crippen LogP contribution in [-0.4, -0.2) is 34.9 Å². The molecule has 2 aliphatic rings. The molecule has 5 rings (SSSR count). The summed E-state index contributed by atoms with van der Waals surface area (Å²) < 4.78 is 1.19. The highest BCUT2D eigenvalue weighted by molar-refractivity contribution is 7.18. The predicted octanol–water partition coefficient (Wildman–Crippen LogP) is 2.27. The summed E-state index contributed by atoms with van der Waals surface area (Å²) in [7, 11) is 0. The first kappa shape index (κ1) is 15.7. The lowest BCUT2D eigenvalue weighted by atomic mass is 10.1. The average Bonchev–Trinajstić information content (AvgIpc) is 3.35. The summed E-state index contributed by atoms with van der Waals surface area (Å²) in [5.74, 6) is -0.346. The summed E-state index contributed by atoms with van der Waals surface area (Å²) in [6.45, 7) is 1.36. The Kier molecular flexibility index (Phi) is 3.62. The van der Waals surface area contributed by atoms with Crippen molar-refractivity contribution in [3.05, 3.63) is 64.7 Å². The molecule has 2 aromatic carbocycles. The summed E-state index contributed by atoms with van der Waals surface area (Å²) in [5, 5.41) is 1.11. The highest BCUT2D eigenvalue weighted by Crippen LogP contribution is 2.29. The van der Waals surface area contributed by atoms with Crippen molar-refractivity contribution in [3.63, 3.8) is 0 Å². The number of carbonyl (C=O) groups is 2. The van der Waals surface area contributed by atoms with E-state index in [1.54, 1.807) is 35.6 Å². The minimum absolute atomic E-state index is 0.173. The van der Waals surface area contributed by atoms with Gasteiger partial charge in [-0.1, -0.05) is 24.3 Å². The zero-order chi connectivity index (χ0) is 17.7. The third-order valence-corrected chi connectivity index (χ3v) is 6.48. The van der Waals surface area contributed by atoms with Crippen LogP contribution in [-0.2, 0) is 0 Å². The van der Waals surface area contributed by atoms with Gasteiger partial charge in [0.2, 0.25) is 0 Å². The van der Waals surface area contributed by atoms with Crippen LogP contribution >= 0.6 is 11.3 Å². The van der Waals surface area contributed by atoms with E-state index in [9.17, 15) is 9.59 Å². The van der Waals surface area contributed by atoms with Crippen LogP contribution in [0.5, 0.6) is 0 Å². The van der Waals surface area contributed by atoms with Crippen LogP contribution in [0.2, 0.25) is 0 Å². The van der Waals surface area contributed by atoms with Gasteiger partial charge in [0.15, 0.2) is 11.7 Å². The molecule has 130 valence electrons. The van der Waals surface area contributed by atoms with Gasteiger partial charge in [0.1, 0.15) is 6.04 Å². The highest BCUT2D eigenvalue weighted by atomic mass is 32.1. The average molecular weight is 364 g/mol. The lowest BCUT2D eigenvalue weighted by Crippen LogP contribution is -3.12. The van der Waals surface area contributed by atoms with Crippen LogP contribution in [0, 0.1) is 0 Å². The number of para-hydroxylation sites is 1. The number of likely N-dealkylation sites (tertiary alicyclic amines) is 1. The van der Waals surface area contributed by atoms with E-state index in [1.165, 1.54) is 14.5 Å². The normalized spacial score (nSPS) is 22.4. The van der Waals surface area contributed by atoms with E-state index in [0.29, 0.717) is 17.8 Å². The van der Waals surface area contributed by atoms with E-state index in [1.807, 2.05) is 18.2 Å². The summed E-state index contributed by atoms with van der Waals surface area (Å²) in [6.07, 6.45) is 2.12. The molecule has 0 spiro atoms. The molecule has 0 saturated carbocycles. The molecular weight excluding hydrogens is 346 g/mol. The van der Waals surface area contributed by atoms with Gasteiger partial charge in [-0.2, -0.15) is 0 Å². The molecule has 26 heavy (non-hydrogen) atoms. The van der Waals surface area contributed by atoms with Crippen molar-refractivity contribution in [2.45, 2.75) is 18.9 Å². The van der Waals surface area contributed by atoms with E-state index in [-0.39, 0.29) is 17.9 Å². The number of fused-ring (bicyclic) bond motifs is 2. The first-order valence-corrected chi connectivity index (χ1v) is 9.69. The molecule has 2 amide bonds. The van der Waals surface area contributed by atoms with E-state index in [2.05, 4.69) is 6.07 Å². The van der Waals surface area contributed by atoms with Crippen molar-refractivity contribution >= 4 is 33.4 Å². The first-order chi connectivity index (χ1) is 12.7. The van der Waals surface area contributed by atoms with Gasteiger partial charge in [-0.3, -0.25) is 9.59 Å². The Balaban J connectivity index is 1.42. The number of thiazole rings is 1. The topological polar surface area (TPSA) is 54.7 Å². The summed E-state index contributed by atoms with van der Waals surface area (Å²) in [5.41, 5.74) is 2.07. The number of nitrogens with zero attached hydrogens (tertiary/aromatic N) is 2. The quantitative estimate of drug-likeness (QED) is 0.726. The maximum Gasteiger partial charge on any atom is 0.265 e. The number of hydrogen-bond acceptors (Lipinski definition) is 4. The second kappa shape index (κ2) is 6.00. The Bertz CT molecular complexity index is 961. The molecule has 3 aromatic rings. The van der Waals surface area contributed by atoms with Crippen molar-refractivity contribution in [2.24, 2.45) is 0 Å². The number of amides is 2. The molecule has 0 bridgehead atoms. The summed E-state index contributed by atoms with van der Waals surface area (Å²) in [6, 6.07) is 15.5. The zero-order valence-corrected chi connectivity index (χ0v) is 15.0. The molecular formula is C20H18N3O2S+. The molecule has 2 atom stereocenters. The molecule has 1 N–H and O–H groups in total. The van der Waals surface area contributed by atoms with Crippen LogP contribution in [0.3, 0.4) is 0 Å². The van der Waals surface area contributed by atoms with E-state index in [4.69, 9.17) is 4.98 Å². The zero-order valence-electron chi connectivity index (χ0n) is 14.1. The number of benzene rings is 2. The fourth-order valence-corrected chi connectivity index (χ4v) is 5.18. The standard InChI is InChI=1S/C20H17N3O2S/c24-19-13-6-1-2-7-14(13)20(25)23(19)12-22-11-5-9-16(22)18-21-15-8-3-4-10-17(15)26-18/h1-4,6-8,10,16H,5,9,11-12H2/p+1/t16-/m1/s1. The van der Waals surface area contributed by atoms with Gasteiger partial charge in [0.05, 0.1) is 27.9 Å². The molecule has 1 fully saturated rings. The third kappa shape index (κ3) is 2.37. The van der Waals surface area contributed by atoms with Crippen LogP contribution in [0.1, 0.15) is 44.6 Å². The fourth-order valence-electron chi connectivity index (χ4n) is 4.02. The molecule has 3 heterocycles. The van der Waals surface area contributed by atoms with Gasteiger partial charge >= 0.3 is 0 Å². The van der Waals surface area contributed by atoms with Crippen molar-refractivity contribution < 1.29 is 14.5 Å². The van der Waals surface area contributed by atoms with E-state index in [0.717, 1.165) is 29.9 Å². The maximum absolute atomic E-state index is 12.7. The Morgan fingerprint density at radius 3 is 2.46 bits per heavy atom. The number of rotatable bonds is 3. The fraction of sp³-hybridized carbons (Fsp3) is 0.250. The first-order valence-electron chi connectivity index (χ1n) is 8.87. The van der Waals surface area contributed by atoms with Crippen LogP contribution < -0.4 is 4.90 Å². The van der Waals surface area contributed by atoms with Gasteiger partial charge in [-0.25, -0.2) is 9.88 Å². The lowest BCUT2D eigenvalue weighted by molar-refractivity contribution is -0.925. The Morgan fingerprint density at radius 2 is 1.73 bits per heavy atom. The Labute approximate surface area is 154 Å². The summed E-state index contributed by atoms with van der Waals surface area (Å²) >= 11 is 1.72. The summed E-state index contributed by atoms with van der Waals surface area (Å²) in [4.78, 5) is 32.8. The molecule has 0 aliphatic carbocycles. The molecule has 0 radical (unpaired) electrons. The highest BCUT2D eigenvalue weighted by Gasteiger charge is 2.41. The van der Waals surface area contributed by atoms with Crippen molar-refractivity contribution in [1.82, 2.24) is 9.88 Å². The second-order valence-corrected chi connectivity index (χ2v) is 7.93. The molecule has 1 unspecified atom stereocenters. The smallest absolute Gasteiger partial charge is 0.265 e. The number of carbonyl (C=O) groups excluding carboxylic acids is 2. The molecule has 5 nitrogen and oxygen atoms in total. The Morgan fingerprint density at radius 1 is 1.04 bits per heavy atom. The largest absolute Gasteiger partial charge is 0.309 e. The van der Waals surface area contributed by atoms with Gasteiger partial charge in [0.25, 0.3) is 11.8 Å².